The van der Waals surface area contributed by atoms with Crippen molar-refractivity contribution in [2.45, 2.75) is 26.4 Å². The number of nitrogens with zero attached hydrogens (tertiary/aromatic N) is 6. The van der Waals surface area contributed by atoms with Crippen LogP contribution in [0.3, 0.4) is 0 Å². The van der Waals surface area contributed by atoms with Gasteiger partial charge in [0, 0.05) is 37.1 Å². The van der Waals surface area contributed by atoms with Gasteiger partial charge in [-0.3, -0.25) is 9.69 Å². The van der Waals surface area contributed by atoms with Crippen LogP contribution in [-0.2, 0) is 6.54 Å². The Balaban J connectivity index is 1.42. The molecular weight excluding hydrogens is 485 g/mol. The fraction of sp³-hybridized carbons (Fsp3) is 0.286. The van der Waals surface area contributed by atoms with Gasteiger partial charge in [-0.15, -0.1) is 5.10 Å². The summed E-state index contributed by atoms with van der Waals surface area (Å²) in [5.41, 5.74) is 3.88. The molecule has 10 heteroatoms. The number of pyridine rings is 1. The summed E-state index contributed by atoms with van der Waals surface area (Å²) in [6.07, 6.45) is 1.61. The number of tetrazole rings is 1. The van der Waals surface area contributed by atoms with E-state index in [-0.39, 0.29) is 11.4 Å². The lowest BCUT2D eigenvalue weighted by Gasteiger charge is -2.39. The van der Waals surface area contributed by atoms with Gasteiger partial charge in [-0.25, -0.2) is 9.07 Å². The number of rotatable bonds is 6. The lowest BCUT2D eigenvalue weighted by molar-refractivity contribution is 0.199. The molecule has 4 heterocycles. The molecule has 1 aliphatic heterocycles. The van der Waals surface area contributed by atoms with Gasteiger partial charge in [0.05, 0.1) is 17.5 Å². The number of piperazine rings is 1. The smallest absolute Gasteiger partial charge is 0.253 e. The van der Waals surface area contributed by atoms with Gasteiger partial charge in [0.15, 0.2) is 5.82 Å². The first-order chi connectivity index (χ1) is 18.5. The number of H-pyrrole nitrogens is 1. The fourth-order valence-electron chi connectivity index (χ4n) is 5.29. The molecule has 5 aromatic rings. The summed E-state index contributed by atoms with van der Waals surface area (Å²) in [5.74, 6) is 1.02. The van der Waals surface area contributed by atoms with Crippen molar-refractivity contribution in [3.8, 4) is 0 Å². The Labute approximate surface area is 218 Å². The summed E-state index contributed by atoms with van der Waals surface area (Å²) in [6, 6.07) is 16.0. The van der Waals surface area contributed by atoms with Crippen molar-refractivity contribution in [1.82, 2.24) is 30.1 Å². The quantitative estimate of drug-likeness (QED) is 0.369. The summed E-state index contributed by atoms with van der Waals surface area (Å²) >= 11 is 0. The first kappa shape index (κ1) is 24.1. The molecule has 6 rings (SSSR count). The van der Waals surface area contributed by atoms with Crippen LogP contribution in [0, 0.1) is 19.7 Å². The molecule has 0 unspecified atom stereocenters. The highest BCUT2D eigenvalue weighted by Gasteiger charge is 2.33. The van der Waals surface area contributed by atoms with E-state index in [4.69, 9.17) is 4.42 Å². The SMILES string of the molecule is Cc1ccc(C)c2[nH]c(=O)c([C@@H](c3nnnn3Cc3ccco3)N3CCN(c4ccccc4F)CC3)cc12. The standard InChI is InChI=1S/C28H28FN7O2/c1-18-9-10-19(2)25-21(18)16-22(28(37)30-25)26(27-31-32-33-36(27)17-20-6-5-15-38-20)35-13-11-34(12-14-35)24-8-4-3-7-23(24)29/h3-10,15-16,26H,11-14,17H2,1-2H3,(H,30,37)/t26-/m0/s1. The van der Waals surface area contributed by atoms with Crippen LogP contribution in [0.25, 0.3) is 10.9 Å². The average Bonchev–Trinajstić information content (AvgIpc) is 3.61. The van der Waals surface area contributed by atoms with Crippen LogP contribution in [0.4, 0.5) is 10.1 Å². The third-order valence-corrected chi connectivity index (χ3v) is 7.33. The van der Waals surface area contributed by atoms with Gasteiger partial charge in [0.1, 0.15) is 24.2 Å². The monoisotopic (exact) mass is 513 g/mol. The maximum Gasteiger partial charge on any atom is 0.253 e. The van der Waals surface area contributed by atoms with Crippen molar-refractivity contribution in [2.24, 2.45) is 0 Å². The van der Waals surface area contributed by atoms with Crippen molar-refractivity contribution < 1.29 is 8.81 Å². The van der Waals surface area contributed by atoms with Crippen LogP contribution in [-0.4, -0.2) is 56.3 Å². The second-order valence-electron chi connectivity index (χ2n) is 9.69. The van der Waals surface area contributed by atoms with Crippen LogP contribution in [0.5, 0.6) is 0 Å². The minimum absolute atomic E-state index is 0.180. The normalized spacial score (nSPS) is 15.3. The number of benzene rings is 2. The molecule has 1 atom stereocenters. The van der Waals surface area contributed by atoms with Gasteiger partial charge in [0.2, 0.25) is 0 Å². The number of para-hydroxylation sites is 1. The molecule has 0 aliphatic carbocycles. The molecule has 194 valence electrons. The van der Waals surface area contributed by atoms with Gasteiger partial charge in [-0.2, -0.15) is 0 Å². The molecule has 1 aliphatic rings. The molecule has 0 radical (unpaired) electrons. The number of aryl methyl sites for hydroxylation is 2. The molecule has 3 aromatic heterocycles. The summed E-state index contributed by atoms with van der Waals surface area (Å²) < 4.78 is 21.7. The highest BCUT2D eigenvalue weighted by atomic mass is 19.1. The Morgan fingerprint density at radius 3 is 2.58 bits per heavy atom. The maximum absolute atomic E-state index is 14.5. The predicted molar refractivity (Wildman–Crippen MR) is 142 cm³/mol. The zero-order valence-corrected chi connectivity index (χ0v) is 21.3. The lowest BCUT2D eigenvalue weighted by atomic mass is 9.99. The van der Waals surface area contributed by atoms with E-state index in [1.54, 1.807) is 23.1 Å². The predicted octanol–water partition coefficient (Wildman–Crippen LogP) is 3.82. The first-order valence-electron chi connectivity index (χ1n) is 12.6. The number of hydrogen-bond acceptors (Lipinski definition) is 7. The van der Waals surface area contributed by atoms with Crippen LogP contribution >= 0.6 is 0 Å². The molecular formula is C28H28FN7O2. The van der Waals surface area contributed by atoms with Crippen LogP contribution in [0.1, 0.15) is 34.3 Å². The summed E-state index contributed by atoms with van der Waals surface area (Å²) in [5, 5.41) is 13.6. The molecule has 38 heavy (non-hydrogen) atoms. The minimum atomic E-state index is -0.504. The van der Waals surface area contributed by atoms with Crippen molar-refractivity contribution in [1.29, 1.82) is 0 Å². The number of nitrogens with one attached hydrogen (secondary N) is 1. The fourth-order valence-corrected chi connectivity index (χ4v) is 5.29. The number of hydrogen-bond donors (Lipinski definition) is 1. The molecule has 9 nitrogen and oxygen atoms in total. The Morgan fingerprint density at radius 1 is 1.03 bits per heavy atom. The van der Waals surface area contributed by atoms with E-state index < -0.39 is 6.04 Å². The number of furan rings is 1. The number of aromatic nitrogens is 5. The summed E-state index contributed by atoms with van der Waals surface area (Å²) in [7, 11) is 0. The molecule has 1 saturated heterocycles. The Bertz CT molecular complexity index is 1640. The molecule has 1 fully saturated rings. The van der Waals surface area contributed by atoms with E-state index in [1.165, 1.54) is 6.07 Å². The topological polar surface area (TPSA) is 96.1 Å². The largest absolute Gasteiger partial charge is 0.467 e. The second kappa shape index (κ2) is 9.86. The van der Waals surface area contributed by atoms with Crippen molar-refractivity contribution in [3.63, 3.8) is 0 Å². The van der Waals surface area contributed by atoms with Crippen LogP contribution in [0.15, 0.2) is 70.1 Å². The number of anilines is 1. The van der Waals surface area contributed by atoms with Crippen LogP contribution < -0.4 is 10.5 Å². The van der Waals surface area contributed by atoms with E-state index >= 15 is 0 Å². The lowest BCUT2D eigenvalue weighted by Crippen LogP contribution is -2.49. The molecule has 2 aromatic carbocycles. The molecule has 0 spiro atoms. The average molecular weight is 514 g/mol. The second-order valence-corrected chi connectivity index (χ2v) is 9.69. The number of halogens is 1. The Kier molecular flexibility index (Phi) is 6.24. The van der Waals surface area contributed by atoms with E-state index in [9.17, 15) is 9.18 Å². The maximum atomic E-state index is 14.5. The van der Waals surface area contributed by atoms with Gasteiger partial charge >= 0.3 is 0 Å². The first-order valence-corrected chi connectivity index (χ1v) is 12.6. The van der Waals surface area contributed by atoms with Gasteiger partial charge in [0.25, 0.3) is 5.56 Å². The van der Waals surface area contributed by atoms with Gasteiger partial charge in [-0.05, 0) is 65.7 Å². The van der Waals surface area contributed by atoms with E-state index in [0.29, 0.717) is 55.6 Å². The van der Waals surface area contributed by atoms with Crippen molar-refractivity contribution >= 4 is 16.6 Å². The van der Waals surface area contributed by atoms with E-state index in [1.807, 2.05) is 49.1 Å². The Morgan fingerprint density at radius 2 is 1.82 bits per heavy atom. The van der Waals surface area contributed by atoms with E-state index in [2.05, 4.69) is 31.5 Å². The third kappa shape index (κ3) is 4.37. The molecule has 0 amide bonds. The third-order valence-electron chi connectivity index (χ3n) is 7.33. The molecule has 1 N–H and O–H groups in total. The number of fused-ring (bicyclic) bond motifs is 1. The highest BCUT2D eigenvalue weighted by molar-refractivity contribution is 5.85. The zero-order valence-electron chi connectivity index (χ0n) is 21.3. The van der Waals surface area contributed by atoms with Gasteiger partial charge < -0.3 is 14.3 Å². The van der Waals surface area contributed by atoms with Gasteiger partial charge in [-0.1, -0.05) is 24.3 Å². The van der Waals surface area contributed by atoms with Crippen molar-refractivity contribution in [2.75, 3.05) is 31.1 Å². The molecule has 0 saturated carbocycles. The molecule has 0 bridgehead atoms. The van der Waals surface area contributed by atoms with E-state index in [0.717, 1.165) is 22.0 Å². The summed E-state index contributed by atoms with van der Waals surface area (Å²) in [6.45, 7) is 6.74. The summed E-state index contributed by atoms with van der Waals surface area (Å²) in [4.78, 5) is 20.9. The minimum Gasteiger partial charge on any atom is -0.467 e. The zero-order chi connectivity index (χ0) is 26.2. The highest BCUT2D eigenvalue weighted by Crippen LogP contribution is 2.31. The Hall–Kier alpha value is -4.31. The van der Waals surface area contributed by atoms with Crippen molar-refractivity contribution in [3.05, 3.63) is 105 Å². The van der Waals surface area contributed by atoms with Crippen LogP contribution in [0.2, 0.25) is 0 Å². The number of aromatic amines is 1.